The van der Waals surface area contributed by atoms with E-state index in [1.54, 1.807) is 36.4 Å². The lowest BCUT2D eigenvalue weighted by atomic mass is 10.1. The Balaban J connectivity index is 1.71. The van der Waals surface area contributed by atoms with Gasteiger partial charge in [0.15, 0.2) is 0 Å². The maximum absolute atomic E-state index is 12.5. The summed E-state index contributed by atoms with van der Waals surface area (Å²) < 4.78 is 0. The molecule has 3 rings (SSSR count). The van der Waals surface area contributed by atoms with Gasteiger partial charge in [0, 0.05) is 10.7 Å². The van der Waals surface area contributed by atoms with E-state index < -0.39 is 17.1 Å². The lowest BCUT2D eigenvalue weighted by Crippen LogP contribution is -2.36. The van der Waals surface area contributed by atoms with E-state index in [1.807, 2.05) is 26.0 Å². The molecule has 0 bridgehead atoms. The van der Waals surface area contributed by atoms with Crippen LogP contribution in [0.15, 0.2) is 47.4 Å². The number of benzene rings is 2. The smallest absolute Gasteiger partial charge is 0.294 e. The largest absolute Gasteiger partial charge is 0.324 e. The minimum absolute atomic E-state index is 0.279. The van der Waals surface area contributed by atoms with E-state index in [0.717, 1.165) is 33.4 Å². The predicted molar refractivity (Wildman–Crippen MR) is 109 cm³/mol. The molecule has 0 aromatic heterocycles. The second kappa shape index (κ2) is 7.98. The number of amides is 3. The minimum Gasteiger partial charge on any atom is -0.324 e. The van der Waals surface area contributed by atoms with Crippen LogP contribution in [-0.2, 0) is 9.59 Å². The summed E-state index contributed by atoms with van der Waals surface area (Å²) in [6.45, 7) is 3.53. The van der Waals surface area contributed by atoms with Crippen molar-refractivity contribution >= 4 is 52.2 Å². The molecule has 0 saturated carbocycles. The summed E-state index contributed by atoms with van der Waals surface area (Å²) in [5.41, 5.74) is 3.42. The third-order valence-electron chi connectivity index (χ3n) is 4.22. The Kier molecular flexibility index (Phi) is 5.68. The predicted octanol–water partition coefficient (Wildman–Crippen LogP) is 4.63. The van der Waals surface area contributed by atoms with Gasteiger partial charge in [0.2, 0.25) is 5.91 Å². The lowest BCUT2D eigenvalue weighted by Gasteiger charge is -2.14. The molecule has 1 N–H and O–H groups in total. The van der Waals surface area contributed by atoms with Crippen molar-refractivity contribution in [3.05, 3.63) is 69.1 Å². The molecule has 5 nitrogen and oxygen atoms in total. The Bertz CT molecular complexity index is 954. The van der Waals surface area contributed by atoms with Crippen LogP contribution >= 0.6 is 23.4 Å². The summed E-state index contributed by atoms with van der Waals surface area (Å²) in [6.07, 6.45) is 1.61. The van der Waals surface area contributed by atoms with Gasteiger partial charge in [0.25, 0.3) is 11.1 Å². The van der Waals surface area contributed by atoms with Crippen LogP contribution in [0, 0.1) is 13.8 Å². The number of imide groups is 1. The van der Waals surface area contributed by atoms with E-state index in [-0.39, 0.29) is 11.4 Å². The quantitative estimate of drug-likeness (QED) is 0.759. The molecule has 1 fully saturated rings. The number of rotatable bonds is 4. The van der Waals surface area contributed by atoms with Crippen LogP contribution in [0.5, 0.6) is 0 Å². The molecule has 1 heterocycles. The number of anilines is 1. The van der Waals surface area contributed by atoms with Gasteiger partial charge in [-0.25, -0.2) is 0 Å². The zero-order chi connectivity index (χ0) is 19.6. The van der Waals surface area contributed by atoms with E-state index in [2.05, 4.69) is 5.32 Å². The molecule has 0 radical (unpaired) electrons. The van der Waals surface area contributed by atoms with Crippen molar-refractivity contribution in [1.82, 2.24) is 4.90 Å². The average Bonchev–Trinajstić information content (AvgIpc) is 2.88. The maximum Gasteiger partial charge on any atom is 0.294 e. The highest BCUT2D eigenvalue weighted by molar-refractivity contribution is 8.18. The first-order chi connectivity index (χ1) is 12.8. The molecule has 0 aliphatic carbocycles. The highest BCUT2D eigenvalue weighted by Gasteiger charge is 2.36. The summed E-state index contributed by atoms with van der Waals surface area (Å²) in [4.78, 5) is 38.2. The fourth-order valence-corrected chi connectivity index (χ4v) is 3.53. The summed E-state index contributed by atoms with van der Waals surface area (Å²) in [6, 6.07) is 12.5. The topological polar surface area (TPSA) is 66.5 Å². The number of hydrogen-bond acceptors (Lipinski definition) is 4. The molecule has 7 heteroatoms. The first kappa shape index (κ1) is 19.2. The molecule has 0 atom stereocenters. The minimum atomic E-state index is -0.476. The van der Waals surface area contributed by atoms with Crippen molar-refractivity contribution in [2.45, 2.75) is 13.8 Å². The normalized spacial score (nSPS) is 15.5. The third kappa shape index (κ3) is 4.40. The van der Waals surface area contributed by atoms with Gasteiger partial charge < -0.3 is 5.32 Å². The van der Waals surface area contributed by atoms with Crippen LogP contribution in [-0.4, -0.2) is 28.5 Å². The van der Waals surface area contributed by atoms with Gasteiger partial charge in [-0.05, 0) is 66.6 Å². The molecule has 0 spiro atoms. The SMILES string of the molecule is Cc1cccc(NC(=O)CN2C(=O)S/C(=C/c3ccc(Cl)cc3)C2=O)c1C. The number of halogens is 1. The van der Waals surface area contributed by atoms with Crippen LogP contribution in [0.4, 0.5) is 10.5 Å². The molecule has 27 heavy (non-hydrogen) atoms. The van der Waals surface area contributed by atoms with Crippen molar-refractivity contribution < 1.29 is 14.4 Å². The van der Waals surface area contributed by atoms with E-state index in [9.17, 15) is 14.4 Å². The summed E-state index contributed by atoms with van der Waals surface area (Å²) >= 11 is 6.67. The Morgan fingerprint density at radius 3 is 2.56 bits per heavy atom. The summed E-state index contributed by atoms with van der Waals surface area (Å²) in [5.74, 6) is -0.894. The molecule has 2 aromatic rings. The first-order valence-corrected chi connectivity index (χ1v) is 9.41. The van der Waals surface area contributed by atoms with Gasteiger partial charge in [0.05, 0.1) is 4.91 Å². The molecular weight excluding hydrogens is 384 g/mol. The molecule has 1 aliphatic rings. The number of nitrogens with zero attached hydrogens (tertiary/aromatic N) is 1. The maximum atomic E-state index is 12.5. The number of carbonyl (C=O) groups excluding carboxylic acids is 3. The fraction of sp³-hybridized carbons (Fsp3) is 0.150. The standard InChI is InChI=1S/C20H17ClN2O3S/c1-12-4-3-5-16(13(12)2)22-18(24)11-23-19(25)17(27-20(23)26)10-14-6-8-15(21)9-7-14/h3-10H,11H2,1-2H3,(H,22,24)/b17-10+. The Morgan fingerprint density at radius 2 is 1.85 bits per heavy atom. The first-order valence-electron chi connectivity index (χ1n) is 8.22. The summed E-state index contributed by atoms with van der Waals surface area (Å²) in [7, 11) is 0. The van der Waals surface area contributed by atoms with Crippen molar-refractivity contribution in [3.63, 3.8) is 0 Å². The fourth-order valence-electron chi connectivity index (χ4n) is 2.57. The van der Waals surface area contributed by atoms with Gasteiger partial charge in [0.1, 0.15) is 6.54 Å². The highest BCUT2D eigenvalue weighted by atomic mass is 35.5. The highest BCUT2D eigenvalue weighted by Crippen LogP contribution is 2.32. The van der Waals surface area contributed by atoms with Crippen LogP contribution in [0.3, 0.4) is 0 Å². The molecule has 138 valence electrons. The number of hydrogen-bond donors (Lipinski definition) is 1. The van der Waals surface area contributed by atoms with Crippen molar-refractivity contribution in [3.8, 4) is 0 Å². The molecule has 1 saturated heterocycles. The van der Waals surface area contributed by atoms with Crippen molar-refractivity contribution in [1.29, 1.82) is 0 Å². The molecular formula is C20H17ClN2O3S. The zero-order valence-corrected chi connectivity index (χ0v) is 16.4. The second-order valence-corrected chi connectivity index (χ2v) is 7.54. The van der Waals surface area contributed by atoms with E-state index in [0.29, 0.717) is 10.7 Å². The number of nitrogens with one attached hydrogen (secondary N) is 1. The van der Waals surface area contributed by atoms with Gasteiger partial charge >= 0.3 is 0 Å². The van der Waals surface area contributed by atoms with E-state index >= 15 is 0 Å². The molecule has 2 aromatic carbocycles. The van der Waals surface area contributed by atoms with Gasteiger partial charge in [-0.15, -0.1) is 0 Å². The van der Waals surface area contributed by atoms with Gasteiger partial charge in [-0.2, -0.15) is 0 Å². The third-order valence-corrected chi connectivity index (χ3v) is 5.38. The Morgan fingerprint density at radius 1 is 1.15 bits per heavy atom. The second-order valence-electron chi connectivity index (χ2n) is 6.12. The van der Waals surface area contributed by atoms with Crippen molar-refractivity contribution in [2.24, 2.45) is 0 Å². The number of carbonyl (C=O) groups is 3. The molecule has 3 amide bonds. The van der Waals surface area contributed by atoms with Crippen LogP contribution in [0.25, 0.3) is 6.08 Å². The Hall–Kier alpha value is -2.57. The van der Waals surface area contributed by atoms with Crippen LogP contribution < -0.4 is 5.32 Å². The van der Waals surface area contributed by atoms with Crippen LogP contribution in [0.1, 0.15) is 16.7 Å². The number of thioether (sulfide) groups is 1. The Labute approximate surface area is 166 Å². The number of aryl methyl sites for hydroxylation is 1. The zero-order valence-electron chi connectivity index (χ0n) is 14.8. The van der Waals surface area contributed by atoms with Crippen LogP contribution in [0.2, 0.25) is 5.02 Å². The van der Waals surface area contributed by atoms with E-state index in [4.69, 9.17) is 11.6 Å². The monoisotopic (exact) mass is 400 g/mol. The molecule has 1 aliphatic heterocycles. The average molecular weight is 401 g/mol. The van der Waals surface area contributed by atoms with E-state index in [1.165, 1.54) is 0 Å². The summed E-state index contributed by atoms with van der Waals surface area (Å²) in [5, 5.41) is 2.89. The lowest BCUT2D eigenvalue weighted by molar-refractivity contribution is -0.127. The molecule has 0 unspecified atom stereocenters. The van der Waals surface area contributed by atoms with Gasteiger partial charge in [-0.1, -0.05) is 35.9 Å². The van der Waals surface area contributed by atoms with Gasteiger partial charge in [-0.3, -0.25) is 19.3 Å². The van der Waals surface area contributed by atoms with Crippen molar-refractivity contribution in [2.75, 3.05) is 11.9 Å².